The third kappa shape index (κ3) is 2.57. The molecule has 0 aliphatic rings. The lowest BCUT2D eigenvalue weighted by atomic mass is 10.3. The first-order valence-electron chi connectivity index (χ1n) is 6.48. The van der Waals surface area contributed by atoms with Crippen LogP contribution in [0.15, 0.2) is 40.9 Å². The normalized spacial score (nSPS) is 11.3. The number of carbonyl (C=O) groups excluding carboxylic acids is 1. The monoisotopic (exact) mass is 298 g/mol. The number of hydrogen-bond donors (Lipinski definition) is 1. The van der Waals surface area contributed by atoms with Crippen LogP contribution >= 0.6 is 11.3 Å². The molecule has 5 nitrogen and oxygen atoms in total. The number of aromatic nitrogens is 2. The molecule has 0 unspecified atom stereocenters. The summed E-state index contributed by atoms with van der Waals surface area (Å²) < 4.78 is 1.76. The molecular weight excluding hydrogens is 284 g/mol. The summed E-state index contributed by atoms with van der Waals surface area (Å²) in [5.41, 5.74) is 5.64. The van der Waals surface area contributed by atoms with Gasteiger partial charge in [0.2, 0.25) is 0 Å². The van der Waals surface area contributed by atoms with E-state index in [1.807, 2.05) is 49.7 Å². The lowest BCUT2D eigenvalue weighted by Gasteiger charge is -2.01. The maximum Gasteiger partial charge on any atom is 0.290 e. The maximum absolute atomic E-state index is 12.3. The van der Waals surface area contributed by atoms with E-state index in [0.29, 0.717) is 11.4 Å². The highest BCUT2D eigenvalue weighted by Gasteiger charge is 2.15. The minimum atomic E-state index is -0.267. The van der Waals surface area contributed by atoms with E-state index in [1.165, 1.54) is 0 Å². The number of carbonyl (C=O) groups is 1. The van der Waals surface area contributed by atoms with Gasteiger partial charge in [-0.1, -0.05) is 6.07 Å². The molecule has 0 aromatic carbocycles. The molecular formula is C15H14N4OS. The van der Waals surface area contributed by atoms with Crippen LogP contribution in [0, 0.1) is 13.8 Å². The molecule has 3 aromatic rings. The Bertz CT molecular complexity index is 831. The van der Waals surface area contributed by atoms with Crippen molar-refractivity contribution >= 4 is 29.1 Å². The van der Waals surface area contributed by atoms with E-state index in [2.05, 4.69) is 15.5 Å². The van der Waals surface area contributed by atoms with Crippen molar-refractivity contribution in [2.75, 3.05) is 0 Å². The van der Waals surface area contributed by atoms with Crippen molar-refractivity contribution in [3.63, 3.8) is 0 Å². The first kappa shape index (κ1) is 13.5. The number of hydrogen-bond acceptors (Lipinski definition) is 4. The first-order valence-corrected chi connectivity index (χ1v) is 7.36. The number of thiophene rings is 1. The minimum Gasteiger partial charge on any atom is -0.295 e. The van der Waals surface area contributed by atoms with Crippen LogP contribution in [0.2, 0.25) is 0 Å². The highest BCUT2D eigenvalue weighted by Crippen LogP contribution is 2.13. The molecule has 6 heteroatoms. The van der Waals surface area contributed by atoms with Gasteiger partial charge in [0, 0.05) is 11.1 Å². The van der Waals surface area contributed by atoms with E-state index in [-0.39, 0.29) is 5.91 Å². The maximum atomic E-state index is 12.3. The molecule has 21 heavy (non-hydrogen) atoms. The Kier molecular flexibility index (Phi) is 3.53. The molecule has 1 N–H and O–H groups in total. The third-order valence-corrected chi connectivity index (χ3v) is 4.12. The standard InChI is InChI=1S/C15H14N4OS/c1-10-6-8-21-12(10)9-16-18-15(20)14-11(2)17-13-5-3-4-7-19(13)14/h3-9H,1-2H3,(H,18,20). The number of rotatable bonds is 3. The highest BCUT2D eigenvalue weighted by atomic mass is 32.1. The molecule has 0 radical (unpaired) electrons. The van der Waals surface area contributed by atoms with E-state index in [0.717, 1.165) is 16.1 Å². The second-order valence-corrected chi connectivity index (χ2v) is 5.59. The van der Waals surface area contributed by atoms with Crippen molar-refractivity contribution in [3.05, 3.63) is 57.7 Å². The summed E-state index contributed by atoms with van der Waals surface area (Å²) in [6.07, 6.45) is 3.48. The van der Waals surface area contributed by atoms with Gasteiger partial charge < -0.3 is 0 Å². The Balaban J connectivity index is 1.83. The van der Waals surface area contributed by atoms with Crippen molar-refractivity contribution in [2.45, 2.75) is 13.8 Å². The quantitative estimate of drug-likeness (QED) is 0.597. The van der Waals surface area contributed by atoms with Crippen LogP contribution in [0.4, 0.5) is 0 Å². The largest absolute Gasteiger partial charge is 0.295 e. The van der Waals surface area contributed by atoms with Crippen molar-refractivity contribution in [3.8, 4) is 0 Å². The minimum absolute atomic E-state index is 0.267. The first-order chi connectivity index (χ1) is 10.2. The number of fused-ring (bicyclic) bond motifs is 1. The van der Waals surface area contributed by atoms with Gasteiger partial charge in [0.1, 0.15) is 11.3 Å². The zero-order chi connectivity index (χ0) is 14.8. The van der Waals surface area contributed by atoms with Crippen LogP contribution in [0.25, 0.3) is 5.65 Å². The van der Waals surface area contributed by atoms with Gasteiger partial charge in [-0.25, -0.2) is 10.4 Å². The molecule has 0 bridgehead atoms. The second-order valence-electron chi connectivity index (χ2n) is 4.64. The number of nitrogens with zero attached hydrogens (tertiary/aromatic N) is 3. The molecule has 0 aliphatic heterocycles. The van der Waals surface area contributed by atoms with Crippen LogP contribution < -0.4 is 5.43 Å². The summed E-state index contributed by atoms with van der Waals surface area (Å²) in [5, 5.41) is 6.02. The average Bonchev–Trinajstić information content (AvgIpc) is 3.01. The topological polar surface area (TPSA) is 58.8 Å². The van der Waals surface area contributed by atoms with E-state index >= 15 is 0 Å². The molecule has 0 saturated carbocycles. The van der Waals surface area contributed by atoms with E-state index in [1.54, 1.807) is 22.0 Å². The summed E-state index contributed by atoms with van der Waals surface area (Å²) in [4.78, 5) is 17.7. The molecule has 3 aromatic heterocycles. The van der Waals surface area contributed by atoms with Crippen LogP contribution in [-0.2, 0) is 0 Å². The summed E-state index contributed by atoms with van der Waals surface area (Å²) in [7, 11) is 0. The SMILES string of the molecule is Cc1ccsc1C=NNC(=O)c1c(C)nc2ccccn12. The van der Waals surface area contributed by atoms with E-state index < -0.39 is 0 Å². The number of nitrogens with one attached hydrogen (secondary N) is 1. The van der Waals surface area contributed by atoms with E-state index in [4.69, 9.17) is 0 Å². The lowest BCUT2D eigenvalue weighted by Crippen LogP contribution is -2.20. The van der Waals surface area contributed by atoms with Gasteiger partial charge in [-0.15, -0.1) is 11.3 Å². The molecule has 0 atom stereocenters. The fraction of sp³-hybridized carbons (Fsp3) is 0.133. The smallest absolute Gasteiger partial charge is 0.290 e. The van der Waals surface area contributed by atoms with Gasteiger partial charge in [0.15, 0.2) is 0 Å². The van der Waals surface area contributed by atoms with Crippen LogP contribution in [0.1, 0.15) is 26.6 Å². The van der Waals surface area contributed by atoms with Crippen LogP contribution in [-0.4, -0.2) is 21.5 Å². The van der Waals surface area contributed by atoms with Gasteiger partial charge in [-0.05, 0) is 43.0 Å². The fourth-order valence-corrected chi connectivity index (χ4v) is 2.89. The fourth-order valence-electron chi connectivity index (χ4n) is 2.11. The zero-order valence-electron chi connectivity index (χ0n) is 11.7. The molecule has 0 fully saturated rings. The summed E-state index contributed by atoms with van der Waals surface area (Å²) in [6.45, 7) is 3.82. The van der Waals surface area contributed by atoms with Crippen LogP contribution in [0.3, 0.4) is 0 Å². The summed E-state index contributed by atoms with van der Waals surface area (Å²) >= 11 is 1.59. The predicted octanol–water partition coefficient (Wildman–Crippen LogP) is 2.78. The number of hydrazone groups is 1. The molecule has 3 heterocycles. The lowest BCUT2D eigenvalue weighted by molar-refractivity contribution is 0.0948. The Hall–Kier alpha value is -2.47. The molecule has 0 aliphatic carbocycles. The average molecular weight is 298 g/mol. The summed E-state index contributed by atoms with van der Waals surface area (Å²) in [5.74, 6) is -0.267. The van der Waals surface area contributed by atoms with Crippen molar-refractivity contribution in [2.24, 2.45) is 5.10 Å². The summed E-state index contributed by atoms with van der Waals surface area (Å²) in [6, 6.07) is 7.63. The Morgan fingerprint density at radius 2 is 2.24 bits per heavy atom. The van der Waals surface area contributed by atoms with Crippen molar-refractivity contribution in [1.29, 1.82) is 0 Å². The van der Waals surface area contributed by atoms with Crippen molar-refractivity contribution in [1.82, 2.24) is 14.8 Å². The molecule has 0 spiro atoms. The van der Waals surface area contributed by atoms with Gasteiger partial charge >= 0.3 is 0 Å². The molecule has 1 amide bonds. The predicted molar refractivity (Wildman–Crippen MR) is 84.0 cm³/mol. The Labute approximate surface area is 126 Å². The third-order valence-electron chi connectivity index (χ3n) is 3.17. The van der Waals surface area contributed by atoms with Gasteiger partial charge in [0.25, 0.3) is 5.91 Å². The highest BCUT2D eigenvalue weighted by molar-refractivity contribution is 7.11. The number of aryl methyl sites for hydroxylation is 2. The van der Waals surface area contributed by atoms with Gasteiger partial charge in [-0.3, -0.25) is 9.20 Å². The Morgan fingerprint density at radius 3 is 3.00 bits per heavy atom. The zero-order valence-corrected chi connectivity index (χ0v) is 12.5. The van der Waals surface area contributed by atoms with Gasteiger partial charge in [-0.2, -0.15) is 5.10 Å². The number of imidazole rings is 1. The molecule has 0 saturated heterocycles. The second kappa shape index (κ2) is 5.49. The molecule has 106 valence electrons. The molecule has 3 rings (SSSR count). The van der Waals surface area contributed by atoms with Crippen molar-refractivity contribution < 1.29 is 4.79 Å². The van der Waals surface area contributed by atoms with Crippen LogP contribution in [0.5, 0.6) is 0 Å². The number of pyridine rings is 1. The van der Waals surface area contributed by atoms with Gasteiger partial charge in [0.05, 0.1) is 11.9 Å². The number of amides is 1. The Morgan fingerprint density at radius 1 is 1.38 bits per heavy atom. The van der Waals surface area contributed by atoms with E-state index in [9.17, 15) is 4.79 Å².